The van der Waals surface area contributed by atoms with Gasteiger partial charge in [0.15, 0.2) is 0 Å². The molecule has 124 valence electrons. The van der Waals surface area contributed by atoms with Crippen LogP contribution in [0.1, 0.15) is 18.7 Å². The number of aromatic nitrogens is 2. The number of benzene rings is 1. The maximum absolute atomic E-state index is 13.0. The molecule has 0 aliphatic heterocycles. The first-order chi connectivity index (χ1) is 11.5. The minimum Gasteiger partial charge on any atom is -0.370 e. The lowest BCUT2D eigenvalue weighted by atomic mass is 10.1. The number of fused-ring (bicyclic) bond motifs is 1. The molecule has 0 fully saturated rings. The zero-order chi connectivity index (χ0) is 17.3. The maximum atomic E-state index is 13.0. The van der Waals surface area contributed by atoms with Crippen molar-refractivity contribution in [3.8, 4) is 11.1 Å². The largest absolute Gasteiger partial charge is 0.370 e. The molecule has 0 saturated heterocycles. The number of rotatable bonds is 5. The molecule has 7 heteroatoms. The number of nitrogens with two attached hydrogens (primary N) is 1. The molecule has 0 bridgehead atoms. The predicted molar refractivity (Wildman–Crippen MR) is 100 cm³/mol. The second kappa shape index (κ2) is 6.86. The average Bonchev–Trinajstić information content (AvgIpc) is 2.95. The number of nitrogens with zero attached hydrogens (tertiary/aromatic N) is 2. The van der Waals surface area contributed by atoms with E-state index in [1.54, 1.807) is 4.57 Å². The summed E-state index contributed by atoms with van der Waals surface area (Å²) >= 11 is 4.89. The van der Waals surface area contributed by atoms with Gasteiger partial charge in [0.25, 0.3) is 5.56 Å². The first kappa shape index (κ1) is 16.9. The SMILES string of the molecule is Cc1nc2scc(-c3ccc(Br)cc3)c2c(=O)n1CCCC(N)=O. The van der Waals surface area contributed by atoms with E-state index in [0.717, 1.165) is 20.4 Å². The average molecular weight is 406 g/mol. The lowest BCUT2D eigenvalue weighted by molar-refractivity contribution is -0.118. The first-order valence-corrected chi connectivity index (χ1v) is 9.17. The molecule has 0 unspecified atom stereocenters. The number of hydrogen-bond donors (Lipinski definition) is 1. The van der Waals surface area contributed by atoms with E-state index in [-0.39, 0.29) is 17.9 Å². The minimum absolute atomic E-state index is 0.0684. The van der Waals surface area contributed by atoms with Crippen molar-refractivity contribution < 1.29 is 4.79 Å². The summed E-state index contributed by atoms with van der Waals surface area (Å²) in [5.74, 6) is 0.294. The van der Waals surface area contributed by atoms with Gasteiger partial charge in [-0.3, -0.25) is 14.2 Å². The highest BCUT2D eigenvalue weighted by Gasteiger charge is 2.15. The molecule has 1 amide bonds. The number of carbonyl (C=O) groups is 1. The van der Waals surface area contributed by atoms with Gasteiger partial charge in [-0.25, -0.2) is 4.98 Å². The van der Waals surface area contributed by atoms with Crippen LogP contribution in [0.3, 0.4) is 0 Å². The van der Waals surface area contributed by atoms with Crippen LogP contribution >= 0.6 is 27.3 Å². The Bertz CT molecular complexity index is 960. The summed E-state index contributed by atoms with van der Waals surface area (Å²) < 4.78 is 2.61. The standard InChI is InChI=1S/C17H16BrN3O2S/c1-10-20-16-15(17(23)21(10)8-2-3-14(19)22)13(9-24-16)11-4-6-12(18)7-5-11/h4-7,9H,2-3,8H2,1H3,(H2,19,22). The summed E-state index contributed by atoms with van der Waals surface area (Å²) in [7, 11) is 0. The minimum atomic E-state index is -0.360. The van der Waals surface area contributed by atoms with Crippen LogP contribution in [0.15, 0.2) is 38.9 Å². The summed E-state index contributed by atoms with van der Waals surface area (Å²) in [6.45, 7) is 2.25. The highest BCUT2D eigenvalue weighted by Crippen LogP contribution is 2.31. The Morgan fingerprint density at radius 2 is 2.04 bits per heavy atom. The summed E-state index contributed by atoms with van der Waals surface area (Å²) in [5.41, 5.74) is 6.98. The smallest absolute Gasteiger partial charge is 0.262 e. The summed E-state index contributed by atoms with van der Waals surface area (Å²) in [6, 6.07) is 7.85. The van der Waals surface area contributed by atoms with Gasteiger partial charge in [0.2, 0.25) is 5.91 Å². The molecule has 0 aliphatic carbocycles. The van der Waals surface area contributed by atoms with Crippen molar-refractivity contribution in [3.63, 3.8) is 0 Å². The van der Waals surface area contributed by atoms with E-state index in [4.69, 9.17) is 5.73 Å². The van der Waals surface area contributed by atoms with Crippen molar-refractivity contribution in [2.45, 2.75) is 26.3 Å². The lowest BCUT2D eigenvalue weighted by Crippen LogP contribution is -2.24. The highest BCUT2D eigenvalue weighted by molar-refractivity contribution is 9.10. The van der Waals surface area contributed by atoms with Gasteiger partial charge in [0.05, 0.1) is 5.39 Å². The van der Waals surface area contributed by atoms with Crippen LogP contribution < -0.4 is 11.3 Å². The molecule has 0 radical (unpaired) electrons. The normalized spacial score (nSPS) is 11.1. The van der Waals surface area contributed by atoms with Crippen LogP contribution in [0.4, 0.5) is 0 Å². The Labute approximate surface area is 151 Å². The van der Waals surface area contributed by atoms with Gasteiger partial charge < -0.3 is 5.73 Å². The fraction of sp³-hybridized carbons (Fsp3) is 0.235. The second-order valence-electron chi connectivity index (χ2n) is 5.52. The Morgan fingerprint density at radius 3 is 2.71 bits per heavy atom. The molecular formula is C17H16BrN3O2S. The first-order valence-electron chi connectivity index (χ1n) is 7.50. The predicted octanol–water partition coefficient (Wildman–Crippen LogP) is 3.46. The quantitative estimate of drug-likeness (QED) is 0.705. The molecule has 0 aliphatic rings. The number of hydrogen-bond acceptors (Lipinski definition) is 4. The van der Waals surface area contributed by atoms with Crippen molar-refractivity contribution in [1.82, 2.24) is 9.55 Å². The monoisotopic (exact) mass is 405 g/mol. The fourth-order valence-corrected chi connectivity index (χ4v) is 3.89. The van der Waals surface area contributed by atoms with E-state index in [1.807, 2.05) is 36.6 Å². The van der Waals surface area contributed by atoms with Gasteiger partial charge in [0, 0.05) is 28.4 Å². The third kappa shape index (κ3) is 3.27. The Balaban J connectivity index is 2.08. The molecule has 2 aromatic heterocycles. The zero-order valence-electron chi connectivity index (χ0n) is 13.1. The van der Waals surface area contributed by atoms with E-state index in [9.17, 15) is 9.59 Å². The Morgan fingerprint density at radius 1 is 1.33 bits per heavy atom. The number of thiophene rings is 1. The van der Waals surface area contributed by atoms with Crippen LogP contribution in [0.2, 0.25) is 0 Å². The van der Waals surface area contributed by atoms with Gasteiger partial charge in [0.1, 0.15) is 10.7 Å². The topological polar surface area (TPSA) is 78.0 Å². The molecule has 24 heavy (non-hydrogen) atoms. The van der Waals surface area contributed by atoms with Gasteiger partial charge in [-0.2, -0.15) is 0 Å². The highest BCUT2D eigenvalue weighted by atomic mass is 79.9. The van der Waals surface area contributed by atoms with Gasteiger partial charge in [-0.1, -0.05) is 28.1 Å². The van der Waals surface area contributed by atoms with Crippen LogP contribution in [0.5, 0.6) is 0 Å². The Hall–Kier alpha value is -1.99. The van der Waals surface area contributed by atoms with Gasteiger partial charge in [-0.05, 0) is 31.0 Å². The molecule has 5 nitrogen and oxygen atoms in total. The number of aryl methyl sites for hydroxylation is 1. The lowest BCUT2D eigenvalue weighted by Gasteiger charge is -2.09. The summed E-state index contributed by atoms with van der Waals surface area (Å²) in [5, 5.41) is 2.60. The molecule has 0 atom stereocenters. The van der Waals surface area contributed by atoms with E-state index in [0.29, 0.717) is 24.2 Å². The third-order valence-electron chi connectivity index (χ3n) is 3.84. The molecule has 3 aromatic rings. The fourth-order valence-electron chi connectivity index (χ4n) is 2.64. The van der Waals surface area contributed by atoms with E-state index < -0.39 is 0 Å². The molecule has 3 rings (SSSR count). The number of carbonyl (C=O) groups excluding carboxylic acids is 1. The van der Waals surface area contributed by atoms with E-state index >= 15 is 0 Å². The van der Waals surface area contributed by atoms with Crippen molar-refractivity contribution in [1.29, 1.82) is 0 Å². The van der Waals surface area contributed by atoms with Crippen molar-refractivity contribution >= 4 is 43.4 Å². The zero-order valence-corrected chi connectivity index (χ0v) is 15.5. The van der Waals surface area contributed by atoms with Crippen LogP contribution in [0, 0.1) is 6.92 Å². The molecule has 0 spiro atoms. The van der Waals surface area contributed by atoms with Crippen molar-refractivity contribution in [2.75, 3.05) is 0 Å². The molecule has 2 N–H and O–H groups in total. The summed E-state index contributed by atoms with van der Waals surface area (Å²) in [4.78, 5) is 29.2. The molecule has 1 aromatic carbocycles. The van der Waals surface area contributed by atoms with Crippen molar-refractivity contribution in [3.05, 3.63) is 50.3 Å². The van der Waals surface area contributed by atoms with Gasteiger partial charge in [-0.15, -0.1) is 11.3 Å². The van der Waals surface area contributed by atoms with Crippen LogP contribution in [0.25, 0.3) is 21.3 Å². The van der Waals surface area contributed by atoms with Crippen LogP contribution in [-0.2, 0) is 11.3 Å². The maximum Gasteiger partial charge on any atom is 0.262 e. The van der Waals surface area contributed by atoms with Crippen LogP contribution in [-0.4, -0.2) is 15.5 Å². The van der Waals surface area contributed by atoms with E-state index in [2.05, 4.69) is 20.9 Å². The number of amides is 1. The van der Waals surface area contributed by atoms with Gasteiger partial charge >= 0.3 is 0 Å². The number of primary amides is 1. The molecular weight excluding hydrogens is 390 g/mol. The third-order valence-corrected chi connectivity index (χ3v) is 5.25. The number of halogens is 1. The van der Waals surface area contributed by atoms with E-state index in [1.165, 1.54) is 11.3 Å². The molecule has 0 saturated carbocycles. The van der Waals surface area contributed by atoms with Crippen molar-refractivity contribution in [2.24, 2.45) is 5.73 Å². The Kier molecular flexibility index (Phi) is 4.82. The second-order valence-corrected chi connectivity index (χ2v) is 7.30. The summed E-state index contributed by atoms with van der Waals surface area (Å²) in [6.07, 6.45) is 0.786. The molecule has 2 heterocycles.